The van der Waals surface area contributed by atoms with Gasteiger partial charge in [0.15, 0.2) is 5.82 Å². The molecule has 12 heteroatoms. The fourth-order valence-electron chi connectivity index (χ4n) is 3.59. The molecular weight excluding hydrogens is 532 g/mol. The Kier molecular flexibility index (Phi) is 10.2. The van der Waals surface area contributed by atoms with Gasteiger partial charge in [-0.3, -0.25) is 4.72 Å². The molecule has 1 unspecified atom stereocenters. The molecule has 0 fully saturated rings. The fourth-order valence-corrected chi connectivity index (χ4v) is 5.51. The van der Waals surface area contributed by atoms with Crippen molar-refractivity contribution in [2.24, 2.45) is 11.7 Å². The summed E-state index contributed by atoms with van der Waals surface area (Å²) < 4.78 is 60.9. The van der Waals surface area contributed by atoms with Gasteiger partial charge in [0, 0.05) is 23.9 Å². The number of aliphatic hydroxyl groups excluding tert-OH is 1. The van der Waals surface area contributed by atoms with Crippen molar-refractivity contribution in [3.8, 4) is 5.75 Å². The first-order valence-electron chi connectivity index (χ1n) is 11.0. The van der Waals surface area contributed by atoms with Crippen LogP contribution in [-0.2, 0) is 10.0 Å². The van der Waals surface area contributed by atoms with E-state index in [0.717, 1.165) is 42.5 Å². The van der Waals surface area contributed by atoms with Crippen molar-refractivity contribution in [2.75, 3.05) is 24.5 Å². The molecule has 1 aromatic heterocycles. The first kappa shape index (κ1) is 28.0. The molecule has 4 N–H and O–H groups in total. The second-order valence-corrected chi connectivity index (χ2v) is 10.6. The van der Waals surface area contributed by atoms with Gasteiger partial charge in [0.1, 0.15) is 22.3 Å². The van der Waals surface area contributed by atoms with Crippen LogP contribution in [0.2, 0.25) is 5.02 Å². The number of nitrogens with one attached hydrogen (secondary N) is 1. The zero-order valence-corrected chi connectivity index (χ0v) is 21.6. The number of hydrogen-bond acceptors (Lipinski definition) is 7. The van der Waals surface area contributed by atoms with Gasteiger partial charge in [-0.1, -0.05) is 29.8 Å². The molecule has 7 nitrogen and oxygen atoms in total. The summed E-state index contributed by atoms with van der Waals surface area (Å²) in [6, 6.07) is 8.27. The lowest BCUT2D eigenvalue weighted by Crippen LogP contribution is -2.18. The van der Waals surface area contributed by atoms with Crippen LogP contribution in [0.25, 0.3) is 5.57 Å². The van der Waals surface area contributed by atoms with Crippen molar-refractivity contribution in [3.05, 3.63) is 75.6 Å². The van der Waals surface area contributed by atoms with Gasteiger partial charge in [-0.25, -0.2) is 22.2 Å². The van der Waals surface area contributed by atoms with E-state index in [-0.39, 0.29) is 41.5 Å². The molecule has 1 heterocycles. The van der Waals surface area contributed by atoms with Crippen molar-refractivity contribution in [1.29, 1.82) is 0 Å². The molecule has 194 valence electrons. The van der Waals surface area contributed by atoms with Gasteiger partial charge in [0.05, 0.1) is 23.7 Å². The predicted molar refractivity (Wildman–Crippen MR) is 138 cm³/mol. The van der Waals surface area contributed by atoms with Gasteiger partial charge in [-0.05, 0) is 48.6 Å². The maximum absolute atomic E-state index is 14.7. The minimum atomic E-state index is -4.20. The van der Waals surface area contributed by atoms with Gasteiger partial charge < -0.3 is 15.6 Å². The Morgan fingerprint density at radius 1 is 1.25 bits per heavy atom. The molecule has 4 rings (SSSR count). The van der Waals surface area contributed by atoms with E-state index in [9.17, 15) is 17.2 Å². The van der Waals surface area contributed by atoms with E-state index in [1.165, 1.54) is 34.4 Å². The van der Waals surface area contributed by atoms with E-state index in [2.05, 4.69) is 15.8 Å². The summed E-state index contributed by atoms with van der Waals surface area (Å²) in [5, 5.41) is 9.22. The maximum Gasteiger partial charge on any atom is 0.266 e. The van der Waals surface area contributed by atoms with Crippen LogP contribution in [0.3, 0.4) is 0 Å². The van der Waals surface area contributed by atoms with Crippen molar-refractivity contribution in [3.63, 3.8) is 0 Å². The molecule has 0 bridgehead atoms. The summed E-state index contributed by atoms with van der Waals surface area (Å²) >= 11 is 7.43. The highest BCUT2D eigenvalue weighted by atomic mass is 35.5. The van der Waals surface area contributed by atoms with Crippen LogP contribution in [0.1, 0.15) is 24.8 Å². The SMILES string of the molecule is NCCO.O=S(=O)(Nc1cscn1)c1cc(Cl)c(OCC2CCCC=C2c2ccc(F)cc2)cc1F. The number of halogens is 3. The topological polar surface area (TPSA) is 115 Å². The Morgan fingerprint density at radius 3 is 2.61 bits per heavy atom. The molecule has 0 radical (unpaired) electrons. The van der Waals surface area contributed by atoms with E-state index in [0.29, 0.717) is 6.54 Å². The van der Waals surface area contributed by atoms with Crippen LogP contribution in [0.5, 0.6) is 5.75 Å². The number of allylic oxidation sites excluding steroid dienone is 1. The van der Waals surface area contributed by atoms with E-state index < -0.39 is 20.7 Å². The number of hydrogen-bond donors (Lipinski definition) is 3. The largest absolute Gasteiger partial charge is 0.491 e. The molecule has 0 saturated heterocycles. The Bertz CT molecular complexity index is 1270. The standard InChI is InChI=1S/C22H19ClF2N2O3S2.C2H7NO/c23-18-9-21(32(28,29)27-22-12-31-13-26-22)19(25)10-20(18)30-11-15-3-1-2-4-17(15)14-5-7-16(24)8-6-14;3-1-2-4/h4-10,12-13,15,27H,1-3,11H2;4H,1-3H2. The normalized spacial score (nSPS) is 15.5. The average molecular weight is 558 g/mol. The van der Waals surface area contributed by atoms with E-state index in [4.69, 9.17) is 27.2 Å². The zero-order valence-electron chi connectivity index (χ0n) is 19.2. The van der Waals surface area contributed by atoms with E-state index in [1.54, 1.807) is 12.1 Å². The summed E-state index contributed by atoms with van der Waals surface area (Å²) in [6.07, 6.45) is 4.84. The zero-order chi connectivity index (χ0) is 26.1. The minimum Gasteiger partial charge on any atom is -0.491 e. The minimum absolute atomic E-state index is 0.0167. The van der Waals surface area contributed by atoms with Crippen LogP contribution < -0.4 is 15.2 Å². The third kappa shape index (κ3) is 7.47. The van der Waals surface area contributed by atoms with Crippen LogP contribution in [0.15, 0.2) is 58.3 Å². The van der Waals surface area contributed by atoms with Gasteiger partial charge in [-0.2, -0.15) is 0 Å². The molecule has 1 aliphatic carbocycles. The summed E-state index contributed by atoms with van der Waals surface area (Å²) in [6.45, 7) is 0.700. The molecule has 0 aliphatic heterocycles. The molecule has 0 saturated carbocycles. The number of benzene rings is 2. The number of anilines is 1. The van der Waals surface area contributed by atoms with Gasteiger partial charge >= 0.3 is 0 Å². The number of nitrogens with two attached hydrogens (primary N) is 1. The van der Waals surface area contributed by atoms with Crippen molar-refractivity contribution in [1.82, 2.24) is 4.98 Å². The molecule has 1 aliphatic rings. The first-order chi connectivity index (χ1) is 17.2. The Hall–Kier alpha value is -2.57. The Morgan fingerprint density at radius 2 is 1.97 bits per heavy atom. The monoisotopic (exact) mass is 557 g/mol. The summed E-state index contributed by atoms with van der Waals surface area (Å²) in [5.74, 6) is -1.11. The van der Waals surface area contributed by atoms with Crippen LogP contribution in [0, 0.1) is 17.6 Å². The second-order valence-electron chi connectivity index (χ2n) is 7.81. The van der Waals surface area contributed by atoms with Crippen LogP contribution in [-0.4, -0.2) is 38.3 Å². The fraction of sp³-hybridized carbons (Fsp3) is 0.292. The lowest BCUT2D eigenvalue weighted by atomic mass is 9.84. The number of aliphatic hydroxyl groups is 1. The first-order valence-corrected chi connectivity index (χ1v) is 13.8. The van der Waals surface area contributed by atoms with E-state index >= 15 is 0 Å². The predicted octanol–water partition coefficient (Wildman–Crippen LogP) is 5.08. The second kappa shape index (κ2) is 13.1. The smallest absolute Gasteiger partial charge is 0.266 e. The lowest BCUT2D eigenvalue weighted by Gasteiger charge is -2.25. The summed E-state index contributed by atoms with van der Waals surface area (Å²) in [7, 11) is -4.20. The highest BCUT2D eigenvalue weighted by molar-refractivity contribution is 7.92. The number of thiazole rings is 1. The van der Waals surface area contributed by atoms with E-state index in [1.807, 2.05) is 0 Å². The third-order valence-electron chi connectivity index (χ3n) is 5.25. The number of sulfonamides is 1. The molecule has 0 amide bonds. The highest BCUT2D eigenvalue weighted by Crippen LogP contribution is 2.35. The third-order valence-corrected chi connectivity index (χ3v) is 7.51. The molecule has 36 heavy (non-hydrogen) atoms. The molecular formula is C24H26ClF2N3O4S2. The van der Waals surface area contributed by atoms with Crippen LogP contribution in [0.4, 0.5) is 14.6 Å². The van der Waals surface area contributed by atoms with Crippen molar-refractivity contribution in [2.45, 2.75) is 24.2 Å². The Balaban J connectivity index is 0.000000840. The number of ether oxygens (including phenoxy) is 1. The van der Waals surface area contributed by atoms with Gasteiger partial charge in [0.2, 0.25) is 0 Å². The molecule has 1 atom stereocenters. The maximum atomic E-state index is 14.7. The van der Waals surface area contributed by atoms with Gasteiger partial charge in [-0.15, -0.1) is 11.3 Å². The lowest BCUT2D eigenvalue weighted by molar-refractivity contribution is 0.267. The molecule has 2 aromatic carbocycles. The molecule has 0 spiro atoms. The number of nitrogens with zero attached hydrogens (tertiary/aromatic N) is 1. The number of rotatable bonds is 8. The summed E-state index contributed by atoms with van der Waals surface area (Å²) in [5.41, 5.74) is 8.18. The highest BCUT2D eigenvalue weighted by Gasteiger charge is 2.24. The quantitative estimate of drug-likeness (QED) is 0.356. The van der Waals surface area contributed by atoms with Crippen molar-refractivity contribution < 1.29 is 27.0 Å². The van der Waals surface area contributed by atoms with Crippen LogP contribution >= 0.6 is 22.9 Å². The average Bonchev–Trinajstić information content (AvgIpc) is 3.37. The van der Waals surface area contributed by atoms with Gasteiger partial charge in [0.25, 0.3) is 10.0 Å². The Labute approximate surface area is 217 Å². The van der Waals surface area contributed by atoms with Crippen molar-refractivity contribution >= 4 is 44.4 Å². The number of aromatic nitrogens is 1. The molecule has 3 aromatic rings. The summed E-state index contributed by atoms with van der Waals surface area (Å²) in [4.78, 5) is 3.25.